The summed E-state index contributed by atoms with van der Waals surface area (Å²) in [6, 6.07) is 23.2. The molecule has 1 saturated heterocycles. The highest BCUT2D eigenvalue weighted by atomic mass is 16.5. The molecule has 8 heteroatoms. The maximum absolute atomic E-state index is 9.34. The maximum atomic E-state index is 9.34. The van der Waals surface area contributed by atoms with Gasteiger partial charge in [-0.2, -0.15) is 5.26 Å². The quantitative estimate of drug-likeness (QED) is 0.375. The molecule has 5 rings (SSSR count). The van der Waals surface area contributed by atoms with Crippen molar-refractivity contribution >= 4 is 17.0 Å². The molecule has 0 spiro atoms. The SMILES string of the molecule is COC[C@@H]1CCC(n2cnc3c(NCC(c4ccccc4)c4ccccc4)nc(CC#N)nc32)CO1. The molecule has 0 aliphatic carbocycles. The fourth-order valence-corrected chi connectivity index (χ4v) is 4.83. The molecule has 1 unspecified atom stereocenters. The molecule has 184 valence electrons. The minimum Gasteiger partial charge on any atom is -0.382 e. The van der Waals surface area contributed by atoms with Crippen LogP contribution < -0.4 is 5.32 Å². The van der Waals surface area contributed by atoms with E-state index in [-0.39, 0.29) is 24.5 Å². The van der Waals surface area contributed by atoms with Crippen LogP contribution in [0.2, 0.25) is 0 Å². The van der Waals surface area contributed by atoms with Gasteiger partial charge in [0.05, 0.1) is 44.2 Å². The summed E-state index contributed by atoms with van der Waals surface area (Å²) < 4.78 is 13.3. The smallest absolute Gasteiger partial charge is 0.166 e. The van der Waals surface area contributed by atoms with Crippen LogP contribution in [0.1, 0.15) is 41.8 Å². The average molecular weight is 483 g/mol. The van der Waals surface area contributed by atoms with Crippen molar-refractivity contribution in [1.29, 1.82) is 5.26 Å². The van der Waals surface area contributed by atoms with E-state index in [4.69, 9.17) is 14.5 Å². The van der Waals surface area contributed by atoms with E-state index in [1.165, 1.54) is 11.1 Å². The van der Waals surface area contributed by atoms with Gasteiger partial charge in [0.2, 0.25) is 0 Å². The number of methoxy groups -OCH3 is 1. The Morgan fingerprint density at radius 1 is 1.08 bits per heavy atom. The molecule has 2 atom stereocenters. The number of ether oxygens (including phenoxy) is 2. The normalized spacial score (nSPS) is 17.8. The summed E-state index contributed by atoms with van der Waals surface area (Å²) in [4.78, 5) is 14.1. The molecule has 36 heavy (non-hydrogen) atoms. The van der Waals surface area contributed by atoms with Gasteiger partial charge in [-0.1, -0.05) is 60.7 Å². The molecule has 0 radical (unpaired) electrons. The van der Waals surface area contributed by atoms with Crippen LogP contribution in [0.3, 0.4) is 0 Å². The summed E-state index contributed by atoms with van der Waals surface area (Å²) in [5.74, 6) is 1.26. The van der Waals surface area contributed by atoms with Crippen LogP contribution in [0.15, 0.2) is 67.0 Å². The fraction of sp³-hybridized carbons (Fsp3) is 0.357. The van der Waals surface area contributed by atoms with Crippen LogP contribution in [0.25, 0.3) is 11.2 Å². The van der Waals surface area contributed by atoms with Gasteiger partial charge in [-0.15, -0.1) is 0 Å². The number of hydrogen-bond acceptors (Lipinski definition) is 7. The third kappa shape index (κ3) is 5.23. The van der Waals surface area contributed by atoms with Crippen molar-refractivity contribution in [3.05, 3.63) is 83.9 Å². The Hall–Kier alpha value is -3.80. The number of nitrogens with one attached hydrogen (secondary N) is 1. The third-order valence-corrected chi connectivity index (χ3v) is 6.67. The highest BCUT2D eigenvalue weighted by Crippen LogP contribution is 2.30. The van der Waals surface area contributed by atoms with E-state index in [9.17, 15) is 5.26 Å². The van der Waals surface area contributed by atoms with E-state index in [0.29, 0.717) is 36.9 Å². The van der Waals surface area contributed by atoms with Crippen LogP contribution in [0, 0.1) is 11.3 Å². The zero-order valence-electron chi connectivity index (χ0n) is 20.4. The Morgan fingerprint density at radius 3 is 2.42 bits per heavy atom. The zero-order valence-corrected chi connectivity index (χ0v) is 20.4. The van der Waals surface area contributed by atoms with Gasteiger partial charge in [-0.05, 0) is 24.0 Å². The van der Waals surface area contributed by atoms with Crippen molar-refractivity contribution in [2.45, 2.75) is 37.3 Å². The standard InChI is InChI=1S/C28H30N6O2/c1-35-18-23-13-12-22(17-36-23)34-19-31-26-27(32-25(14-15-29)33-28(26)34)30-16-24(20-8-4-2-5-9-20)21-10-6-3-7-11-21/h2-11,19,22-24H,12-14,16-18H2,1H3,(H,30,32,33)/t22?,23-/m0/s1. The van der Waals surface area contributed by atoms with Gasteiger partial charge in [-0.3, -0.25) is 0 Å². The topological polar surface area (TPSA) is 97.9 Å². The highest BCUT2D eigenvalue weighted by molar-refractivity contribution is 5.83. The van der Waals surface area contributed by atoms with E-state index in [1.807, 2.05) is 18.5 Å². The second-order valence-corrected chi connectivity index (χ2v) is 9.04. The number of nitriles is 1. The van der Waals surface area contributed by atoms with Gasteiger partial charge in [0.1, 0.15) is 11.3 Å². The minimum absolute atomic E-state index is 0.120. The summed E-state index contributed by atoms with van der Waals surface area (Å²) in [7, 11) is 1.70. The number of hydrogen-bond donors (Lipinski definition) is 1. The summed E-state index contributed by atoms with van der Waals surface area (Å²) in [6.45, 7) is 1.80. The van der Waals surface area contributed by atoms with Gasteiger partial charge in [0, 0.05) is 19.6 Å². The number of fused-ring (bicyclic) bond motifs is 1. The number of imidazole rings is 1. The molecule has 0 saturated carbocycles. The van der Waals surface area contributed by atoms with E-state index in [1.54, 1.807) is 7.11 Å². The molecule has 8 nitrogen and oxygen atoms in total. The summed E-state index contributed by atoms with van der Waals surface area (Å²) in [6.07, 6.45) is 3.93. The van der Waals surface area contributed by atoms with Gasteiger partial charge < -0.3 is 19.4 Å². The van der Waals surface area contributed by atoms with E-state index in [0.717, 1.165) is 18.5 Å². The van der Waals surface area contributed by atoms with Crippen molar-refractivity contribution in [3.63, 3.8) is 0 Å². The van der Waals surface area contributed by atoms with Crippen molar-refractivity contribution in [3.8, 4) is 6.07 Å². The van der Waals surface area contributed by atoms with Gasteiger partial charge in [0.15, 0.2) is 11.5 Å². The Labute approximate surface area is 210 Å². The van der Waals surface area contributed by atoms with Crippen molar-refractivity contribution in [2.24, 2.45) is 0 Å². The highest BCUT2D eigenvalue weighted by Gasteiger charge is 2.26. The molecule has 2 aromatic heterocycles. The number of nitrogens with zero attached hydrogens (tertiary/aromatic N) is 5. The molecule has 4 aromatic rings. The van der Waals surface area contributed by atoms with Gasteiger partial charge in [0.25, 0.3) is 0 Å². The first kappa shape index (κ1) is 23.9. The maximum Gasteiger partial charge on any atom is 0.166 e. The van der Waals surface area contributed by atoms with Crippen molar-refractivity contribution in [1.82, 2.24) is 19.5 Å². The predicted octanol–water partition coefficient (Wildman–Crippen LogP) is 4.50. The lowest BCUT2D eigenvalue weighted by Crippen LogP contribution is -2.30. The van der Waals surface area contributed by atoms with Crippen LogP contribution in [0.4, 0.5) is 5.82 Å². The molecule has 0 bridgehead atoms. The molecule has 1 aliphatic rings. The Kier molecular flexibility index (Phi) is 7.50. The monoisotopic (exact) mass is 482 g/mol. The number of aromatic nitrogens is 4. The lowest BCUT2D eigenvalue weighted by molar-refractivity contribution is -0.0478. The number of rotatable bonds is 9. The minimum atomic E-state index is 0.120. The summed E-state index contributed by atoms with van der Waals surface area (Å²) in [5, 5.41) is 12.9. The first-order valence-corrected chi connectivity index (χ1v) is 12.3. The molecule has 1 aliphatic heterocycles. The molecular weight excluding hydrogens is 452 g/mol. The molecular formula is C28H30N6O2. The summed E-state index contributed by atoms with van der Waals surface area (Å²) in [5.41, 5.74) is 3.87. The van der Waals surface area contributed by atoms with Crippen molar-refractivity contribution in [2.75, 3.05) is 32.2 Å². The second-order valence-electron chi connectivity index (χ2n) is 9.04. The van der Waals surface area contributed by atoms with Gasteiger partial charge >= 0.3 is 0 Å². The third-order valence-electron chi connectivity index (χ3n) is 6.67. The fourth-order valence-electron chi connectivity index (χ4n) is 4.83. The summed E-state index contributed by atoms with van der Waals surface area (Å²) >= 11 is 0. The molecule has 2 aromatic carbocycles. The van der Waals surface area contributed by atoms with E-state index < -0.39 is 0 Å². The van der Waals surface area contributed by atoms with Crippen LogP contribution >= 0.6 is 0 Å². The first-order valence-electron chi connectivity index (χ1n) is 12.3. The zero-order chi connectivity index (χ0) is 24.7. The van der Waals surface area contributed by atoms with Crippen LogP contribution in [0.5, 0.6) is 0 Å². The Balaban J connectivity index is 1.44. The second kappa shape index (κ2) is 11.3. The molecule has 3 heterocycles. The van der Waals surface area contributed by atoms with Crippen LogP contribution in [-0.2, 0) is 15.9 Å². The van der Waals surface area contributed by atoms with Crippen molar-refractivity contribution < 1.29 is 9.47 Å². The van der Waals surface area contributed by atoms with Gasteiger partial charge in [-0.25, -0.2) is 15.0 Å². The Morgan fingerprint density at radius 2 is 1.81 bits per heavy atom. The Bertz CT molecular complexity index is 1270. The molecule has 1 fully saturated rings. The molecule has 0 amide bonds. The lowest BCUT2D eigenvalue weighted by atomic mass is 9.91. The molecule has 1 N–H and O–H groups in total. The van der Waals surface area contributed by atoms with E-state index in [2.05, 4.69) is 74.5 Å². The van der Waals surface area contributed by atoms with Crippen LogP contribution in [-0.4, -0.2) is 52.5 Å². The van der Waals surface area contributed by atoms with E-state index >= 15 is 0 Å². The predicted molar refractivity (Wildman–Crippen MR) is 138 cm³/mol. The lowest BCUT2D eigenvalue weighted by Gasteiger charge is -2.29. The largest absolute Gasteiger partial charge is 0.382 e. The first-order chi connectivity index (χ1) is 17.8. The number of benzene rings is 2. The average Bonchev–Trinajstić information content (AvgIpc) is 3.35. The number of anilines is 1.